The second-order valence-corrected chi connectivity index (χ2v) is 10.7. The van der Waals surface area contributed by atoms with Crippen LogP contribution >= 0.6 is 0 Å². The third kappa shape index (κ3) is 5.68. The standard InChI is InChI=1S/C24H37N3O6/c1-15-11-12-24(14-15,21(30)31)26-19(28)17-10-7-13-27(17)20(29)18(23(2,3)4)25-22(32)33-16-8-5-6-9-16/h16-18H,1,5-14H2,2-4H3,(H,25,32)(H,26,28)(H,30,31)/t17-,18+,24+/m0/s1. The number of hydrogen-bond acceptors (Lipinski definition) is 5. The first-order valence-electron chi connectivity index (χ1n) is 11.9. The average molecular weight is 464 g/mol. The molecule has 2 aliphatic carbocycles. The summed E-state index contributed by atoms with van der Waals surface area (Å²) in [5, 5.41) is 15.2. The van der Waals surface area contributed by atoms with Crippen molar-refractivity contribution in [1.29, 1.82) is 0 Å². The summed E-state index contributed by atoms with van der Waals surface area (Å²) in [5.74, 6) is -1.92. The Labute approximate surface area is 195 Å². The van der Waals surface area contributed by atoms with Gasteiger partial charge in [-0.15, -0.1) is 0 Å². The molecule has 0 radical (unpaired) electrons. The highest BCUT2D eigenvalue weighted by molar-refractivity contribution is 5.95. The SMILES string of the molecule is C=C1CC[C@](NC(=O)[C@@H]2CCCN2C(=O)[C@@H](NC(=O)OC2CCCC2)C(C)(C)C)(C(=O)O)C1. The molecule has 0 bridgehead atoms. The van der Waals surface area contributed by atoms with Gasteiger partial charge in [-0.25, -0.2) is 9.59 Å². The van der Waals surface area contributed by atoms with Crippen molar-refractivity contribution in [2.45, 2.75) is 102 Å². The number of nitrogens with zero attached hydrogens (tertiary/aromatic N) is 1. The number of hydrogen-bond donors (Lipinski definition) is 3. The topological polar surface area (TPSA) is 125 Å². The van der Waals surface area contributed by atoms with Crippen LogP contribution in [0.2, 0.25) is 0 Å². The second kappa shape index (κ2) is 9.73. The molecule has 9 heteroatoms. The summed E-state index contributed by atoms with van der Waals surface area (Å²) in [6.45, 7) is 9.78. The van der Waals surface area contributed by atoms with E-state index in [1.165, 1.54) is 4.90 Å². The molecule has 3 rings (SSSR count). The van der Waals surface area contributed by atoms with Crippen molar-refractivity contribution in [3.63, 3.8) is 0 Å². The van der Waals surface area contributed by atoms with Gasteiger partial charge < -0.3 is 25.4 Å². The first-order chi connectivity index (χ1) is 15.4. The van der Waals surface area contributed by atoms with Crippen LogP contribution in [0.25, 0.3) is 0 Å². The van der Waals surface area contributed by atoms with Crippen LogP contribution in [0.15, 0.2) is 12.2 Å². The molecule has 0 aromatic rings. The smallest absolute Gasteiger partial charge is 0.408 e. The van der Waals surface area contributed by atoms with E-state index in [4.69, 9.17) is 4.74 Å². The minimum absolute atomic E-state index is 0.126. The fourth-order valence-corrected chi connectivity index (χ4v) is 5.08. The molecule has 3 atom stereocenters. The minimum Gasteiger partial charge on any atom is -0.479 e. The summed E-state index contributed by atoms with van der Waals surface area (Å²) in [4.78, 5) is 52.6. The van der Waals surface area contributed by atoms with E-state index in [0.29, 0.717) is 25.8 Å². The van der Waals surface area contributed by atoms with E-state index < -0.39 is 41.0 Å². The number of carbonyl (C=O) groups is 4. The Morgan fingerprint density at radius 1 is 1.15 bits per heavy atom. The number of aliphatic carboxylic acids is 1. The molecule has 1 heterocycles. The van der Waals surface area contributed by atoms with Gasteiger partial charge >= 0.3 is 12.1 Å². The molecule has 184 valence electrons. The van der Waals surface area contributed by atoms with E-state index in [-0.39, 0.29) is 24.9 Å². The monoisotopic (exact) mass is 463 g/mol. The molecule has 3 fully saturated rings. The Balaban J connectivity index is 1.71. The maximum Gasteiger partial charge on any atom is 0.408 e. The molecule has 33 heavy (non-hydrogen) atoms. The minimum atomic E-state index is -1.38. The largest absolute Gasteiger partial charge is 0.479 e. The van der Waals surface area contributed by atoms with Crippen molar-refractivity contribution in [1.82, 2.24) is 15.5 Å². The molecule has 3 amide bonds. The third-order valence-corrected chi connectivity index (χ3v) is 7.02. The number of ether oxygens (including phenoxy) is 1. The first kappa shape index (κ1) is 25.1. The van der Waals surface area contributed by atoms with E-state index in [0.717, 1.165) is 31.3 Å². The van der Waals surface area contributed by atoms with E-state index in [1.807, 2.05) is 20.8 Å². The summed E-state index contributed by atoms with van der Waals surface area (Å²) >= 11 is 0. The molecule has 1 aliphatic heterocycles. The number of carboxylic acid groups (broad SMARTS) is 1. The predicted octanol–water partition coefficient (Wildman–Crippen LogP) is 2.74. The first-order valence-corrected chi connectivity index (χ1v) is 11.9. The maximum absolute atomic E-state index is 13.5. The zero-order valence-electron chi connectivity index (χ0n) is 19.9. The number of carboxylic acids is 1. The molecule has 9 nitrogen and oxygen atoms in total. The van der Waals surface area contributed by atoms with Gasteiger partial charge in [-0.2, -0.15) is 0 Å². The lowest BCUT2D eigenvalue weighted by Crippen LogP contribution is -2.61. The van der Waals surface area contributed by atoms with Crippen molar-refractivity contribution in [2.24, 2.45) is 5.41 Å². The molecule has 2 saturated carbocycles. The molecule has 0 aromatic carbocycles. The lowest BCUT2D eigenvalue weighted by Gasteiger charge is -2.36. The van der Waals surface area contributed by atoms with Crippen LogP contribution in [-0.2, 0) is 19.1 Å². The molecule has 0 aromatic heterocycles. The number of carbonyl (C=O) groups excluding carboxylic acids is 3. The molecule has 1 saturated heterocycles. The van der Waals surface area contributed by atoms with Gasteiger partial charge in [0.2, 0.25) is 11.8 Å². The van der Waals surface area contributed by atoms with Crippen LogP contribution in [0.4, 0.5) is 4.79 Å². The van der Waals surface area contributed by atoms with Gasteiger partial charge in [-0.05, 0) is 56.8 Å². The van der Waals surface area contributed by atoms with Crippen molar-refractivity contribution in [3.05, 3.63) is 12.2 Å². The van der Waals surface area contributed by atoms with Crippen molar-refractivity contribution in [2.75, 3.05) is 6.54 Å². The number of alkyl carbamates (subject to hydrolysis) is 1. The van der Waals surface area contributed by atoms with E-state index in [1.54, 1.807) is 0 Å². The van der Waals surface area contributed by atoms with Crippen molar-refractivity contribution in [3.8, 4) is 0 Å². The average Bonchev–Trinajstić information content (AvgIpc) is 3.46. The number of rotatable bonds is 6. The van der Waals surface area contributed by atoms with E-state index in [9.17, 15) is 24.3 Å². The molecule has 0 unspecified atom stereocenters. The highest BCUT2D eigenvalue weighted by atomic mass is 16.6. The molecule has 0 spiro atoms. The fraction of sp³-hybridized carbons (Fsp3) is 0.750. The van der Waals surface area contributed by atoms with Gasteiger partial charge in [0.1, 0.15) is 23.7 Å². The zero-order chi connectivity index (χ0) is 24.4. The van der Waals surface area contributed by atoms with Gasteiger partial charge in [0.15, 0.2) is 0 Å². The van der Waals surface area contributed by atoms with Crippen LogP contribution in [0.5, 0.6) is 0 Å². The Kier molecular flexibility index (Phi) is 7.39. The Hall–Kier alpha value is -2.58. The van der Waals surface area contributed by atoms with Gasteiger partial charge in [-0.1, -0.05) is 32.9 Å². The van der Waals surface area contributed by atoms with Crippen LogP contribution in [0, 0.1) is 5.41 Å². The zero-order valence-corrected chi connectivity index (χ0v) is 19.9. The number of amides is 3. The molecular formula is C24H37N3O6. The summed E-state index contributed by atoms with van der Waals surface area (Å²) < 4.78 is 5.49. The van der Waals surface area contributed by atoms with E-state index >= 15 is 0 Å². The lowest BCUT2D eigenvalue weighted by molar-refractivity contribution is -0.149. The van der Waals surface area contributed by atoms with Crippen LogP contribution in [0.1, 0.15) is 78.6 Å². The normalized spacial score (nSPS) is 26.8. The van der Waals surface area contributed by atoms with Crippen LogP contribution in [-0.4, -0.2) is 64.2 Å². The Morgan fingerprint density at radius 3 is 2.36 bits per heavy atom. The second-order valence-electron chi connectivity index (χ2n) is 10.7. The summed E-state index contributed by atoms with van der Waals surface area (Å²) in [6.07, 6.45) is 5.03. The molecular weight excluding hydrogens is 426 g/mol. The summed E-state index contributed by atoms with van der Waals surface area (Å²) in [5.41, 5.74) is -1.20. The Bertz CT molecular complexity index is 814. The number of likely N-dealkylation sites (tertiary alicyclic amines) is 1. The lowest BCUT2D eigenvalue weighted by atomic mass is 9.85. The van der Waals surface area contributed by atoms with Crippen molar-refractivity contribution < 1.29 is 29.0 Å². The molecule has 3 aliphatic rings. The third-order valence-electron chi connectivity index (χ3n) is 7.02. The van der Waals surface area contributed by atoms with Gasteiger partial charge in [0.05, 0.1) is 0 Å². The van der Waals surface area contributed by atoms with E-state index in [2.05, 4.69) is 17.2 Å². The maximum atomic E-state index is 13.5. The summed E-state index contributed by atoms with van der Waals surface area (Å²) in [6, 6.07) is -1.65. The fourth-order valence-electron chi connectivity index (χ4n) is 5.08. The van der Waals surface area contributed by atoms with Crippen molar-refractivity contribution >= 4 is 23.9 Å². The summed E-state index contributed by atoms with van der Waals surface area (Å²) in [7, 11) is 0. The van der Waals surface area contributed by atoms with Crippen LogP contribution < -0.4 is 10.6 Å². The molecule has 3 N–H and O–H groups in total. The van der Waals surface area contributed by atoms with Gasteiger partial charge in [0.25, 0.3) is 0 Å². The Morgan fingerprint density at radius 2 is 1.82 bits per heavy atom. The number of nitrogens with one attached hydrogen (secondary N) is 2. The highest BCUT2D eigenvalue weighted by Crippen LogP contribution is 2.34. The van der Waals surface area contributed by atoms with Gasteiger partial charge in [-0.3, -0.25) is 9.59 Å². The highest BCUT2D eigenvalue weighted by Gasteiger charge is 2.48. The van der Waals surface area contributed by atoms with Gasteiger partial charge in [0, 0.05) is 13.0 Å². The predicted molar refractivity (Wildman–Crippen MR) is 121 cm³/mol. The quantitative estimate of drug-likeness (QED) is 0.520. The van der Waals surface area contributed by atoms with Crippen LogP contribution in [0.3, 0.4) is 0 Å².